The van der Waals surface area contributed by atoms with Gasteiger partial charge in [-0.05, 0) is 18.2 Å². The molecule has 6 heteroatoms. The van der Waals surface area contributed by atoms with Crippen molar-refractivity contribution >= 4 is 23.4 Å². The average molecular weight is 273 g/mol. The minimum absolute atomic E-state index is 0.207. The lowest BCUT2D eigenvalue weighted by molar-refractivity contribution is -0.136. The molecule has 0 spiro atoms. The number of hydrogen-bond acceptors (Lipinski definition) is 4. The second-order valence-electron chi connectivity index (χ2n) is 3.50. The molecule has 0 fully saturated rings. The SMILES string of the molecule is COc1ccc(OC)c(C(=O)C(Cl)CC(=O)O)c1. The number of alkyl halides is 1. The van der Waals surface area contributed by atoms with E-state index in [1.807, 2.05) is 0 Å². The quantitative estimate of drug-likeness (QED) is 0.633. The van der Waals surface area contributed by atoms with E-state index in [0.717, 1.165) is 0 Å². The molecular weight excluding hydrogens is 260 g/mol. The van der Waals surface area contributed by atoms with Gasteiger partial charge in [0.15, 0.2) is 5.78 Å². The number of carbonyl (C=O) groups is 2. The van der Waals surface area contributed by atoms with Crippen LogP contribution in [0, 0.1) is 0 Å². The van der Waals surface area contributed by atoms with Crippen LogP contribution in [0.5, 0.6) is 11.5 Å². The summed E-state index contributed by atoms with van der Waals surface area (Å²) in [5, 5.41) is 7.48. The zero-order valence-corrected chi connectivity index (χ0v) is 10.7. The van der Waals surface area contributed by atoms with Crippen molar-refractivity contribution in [3.8, 4) is 11.5 Å². The van der Waals surface area contributed by atoms with E-state index in [2.05, 4.69) is 0 Å². The second-order valence-corrected chi connectivity index (χ2v) is 4.02. The van der Waals surface area contributed by atoms with Crippen molar-refractivity contribution in [2.45, 2.75) is 11.8 Å². The van der Waals surface area contributed by atoms with Crippen molar-refractivity contribution in [1.82, 2.24) is 0 Å². The molecule has 0 heterocycles. The third-order valence-electron chi connectivity index (χ3n) is 2.31. The predicted molar refractivity (Wildman–Crippen MR) is 65.8 cm³/mol. The van der Waals surface area contributed by atoms with E-state index in [1.54, 1.807) is 12.1 Å². The molecule has 0 saturated heterocycles. The minimum Gasteiger partial charge on any atom is -0.497 e. The van der Waals surface area contributed by atoms with E-state index in [0.29, 0.717) is 11.5 Å². The molecule has 0 aliphatic carbocycles. The summed E-state index contributed by atoms with van der Waals surface area (Å²) in [4.78, 5) is 22.5. The van der Waals surface area contributed by atoms with Crippen LogP contribution in [0.1, 0.15) is 16.8 Å². The Hall–Kier alpha value is -1.75. The normalized spacial score (nSPS) is 11.7. The first kappa shape index (κ1) is 14.3. The molecule has 1 aromatic carbocycles. The van der Waals surface area contributed by atoms with Gasteiger partial charge in [0.25, 0.3) is 0 Å². The molecule has 0 radical (unpaired) electrons. The van der Waals surface area contributed by atoms with Crippen molar-refractivity contribution in [2.75, 3.05) is 14.2 Å². The number of Topliss-reactive ketones (excluding diaryl/α,β-unsaturated/α-hetero) is 1. The third kappa shape index (κ3) is 3.37. The molecule has 0 saturated carbocycles. The second kappa shape index (κ2) is 6.26. The first-order chi connectivity index (χ1) is 8.49. The maximum atomic E-state index is 12.0. The molecule has 98 valence electrons. The Morgan fingerprint density at radius 3 is 2.50 bits per heavy atom. The van der Waals surface area contributed by atoms with E-state index >= 15 is 0 Å². The van der Waals surface area contributed by atoms with E-state index in [4.69, 9.17) is 26.2 Å². The maximum Gasteiger partial charge on any atom is 0.305 e. The molecule has 0 bridgehead atoms. The predicted octanol–water partition coefficient (Wildman–Crippen LogP) is 1.97. The Morgan fingerprint density at radius 2 is 2.00 bits per heavy atom. The Morgan fingerprint density at radius 1 is 1.33 bits per heavy atom. The number of carboxylic acids is 1. The lowest BCUT2D eigenvalue weighted by Gasteiger charge is -2.11. The number of ketones is 1. The Kier molecular flexibility index (Phi) is 4.97. The number of carbonyl (C=O) groups excluding carboxylic acids is 1. The van der Waals surface area contributed by atoms with Crippen LogP contribution in [0.2, 0.25) is 0 Å². The van der Waals surface area contributed by atoms with Gasteiger partial charge in [0.2, 0.25) is 0 Å². The fraction of sp³-hybridized carbons (Fsp3) is 0.333. The van der Waals surface area contributed by atoms with Crippen molar-refractivity contribution in [3.63, 3.8) is 0 Å². The molecule has 1 N–H and O–H groups in total. The highest BCUT2D eigenvalue weighted by Crippen LogP contribution is 2.26. The Labute approximate surface area is 109 Å². The van der Waals surface area contributed by atoms with Crippen LogP contribution in [-0.4, -0.2) is 36.5 Å². The smallest absolute Gasteiger partial charge is 0.305 e. The fourth-order valence-electron chi connectivity index (χ4n) is 1.42. The van der Waals surface area contributed by atoms with Crippen LogP contribution in [0.25, 0.3) is 0 Å². The highest BCUT2D eigenvalue weighted by Gasteiger charge is 2.23. The van der Waals surface area contributed by atoms with Gasteiger partial charge in [-0.25, -0.2) is 0 Å². The average Bonchev–Trinajstić information content (AvgIpc) is 2.36. The summed E-state index contributed by atoms with van der Waals surface area (Å²) < 4.78 is 10.0. The summed E-state index contributed by atoms with van der Waals surface area (Å²) in [7, 11) is 2.88. The molecule has 0 aromatic heterocycles. The highest BCUT2D eigenvalue weighted by atomic mass is 35.5. The van der Waals surface area contributed by atoms with Gasteiger partial charge >= 0.3 is 5.97 Å². The molecule has 18 heavy (non-hydrogen) atoms. The first-order valence-corrected chi connectivity index (χ1v) is 5.55. The number of rotatable bonds is 6. The van der Waals surface area contributed by atoms with Crippen LogP contribution < -0.4 is 9.47 Å². The largest absolute Gasteiger partial charge is 0.497 e. The van der Waals surface area contributed by atoms with Crippen molar-refractivity contribution in [3.05, 3.63) is 23.8 Å². The highest BCUT2D eigenvalue weighted by molar-refractivity contribution is 6.35. The van der Waals surface area contributed by atoms with E-state index in [-0.39, 0.29) is 5.56 Å². The summed E-state index contributed by atoms with van der Waals surface area (Å²) in [6.07, 6.45) is -0.444. The Bertz CT molecular complexity index is 458. The van der Waals surface area contributed by atoms with Gasteiger partial charge in [-0.2, -0.15) is 0 Å². The standard InChI is InChI=1S/C12H13ClO5/c1-17-7-3-4-10(18-2)8(5-7)12(16)9(13)6-11(14)15/h3-5,9H,6H2,1-2H3,(H,14,15). The van der Waals surface area contributed by atoms with Crippen LogP contribution in [0.4, 0.5) is 0 Å². The van der Waals surface area contributed by atoms with Crippen LogP contribution >= 0.6 is 11.6 Å². The number of ether oxygens (including phenoxy) is 2. The first-order valence-electron chi connectivity index (χ1n) is 5.11. The molecule has 5 nitrogen and oxygen atoms in total. The number of benzene rings is 1. The van der Waals surface area contributed by atoms with Crippen LogP contribution in [-0.2, 0) is 4.79 Å². The third-order valence-corrected chi connectivity index (χ3v) is 2.66. The van der Waals surface area contributed by atoms with E-state index < -0.39 is 23.6 Å². The van der Waals surface area contributed by atoms with Gasteiger partial charge in [0.1, 0.15) is 16.9 Å². The summed E-state index contributed by atoms with van der Waals surface area (Å²) in [5.74, 6) is -0.838. The lowest BCUT2D eigenvalue weighted by Crippen LogP contribution is -2.19. The van der Waals surface area contributed by atoms with E-state index in [1.165, 1.54) is 20.3 Å². The fourth-order valence-corrected chi connectivity index (χ4v) is 1.67. The molecular formula is C12H13ClO5. The van der Waals surface area contributed by atoms with Gasteiger partial charge in [-0.1, -0.05) is 0 Å². The lowest BCUT2D eigenvalue weighted by atomic mass is 10.0. The van der Waals surface area contributed by atoms with Crippen molar-refractivity contribution < 1.29 is 24.2 Å². The molecule has 0 aliphatic rings. The van der Waals surface area contributed by atoms with Gasteiger partial charge in [0.05, 0.1) is 26.2 Å². The summed E-state index contributed by atoms with van der Waals surface area (Å²) >= 11 is 5.76. The van der Waals surface area contributed by atoms with Gasteiger partial charge < -0.3 is 14.6 Å². The zero-order valence-electron chi connectivity index (χ0n) is 9.97. The molecule has 0 aliphatic heterocycles. The molecule has 1 unspecified atom stereocenters. The zero-order chi connectivity index (χ0) is 13.7. The Balaban J connectivity index is 3.05. The van der Waals surface area contributed by atoms with Gasteiger partial charge in [-0.3, -0.25) is 9.59 Å². The summed E-state index contributed by atoms with van der Waals surface area (Å²) in [6, 6.07) is 4.67. The minimum atomic E-state index is -1.14. The summed E-state index contributed by atoms with van der Waals surface area (Å²) in [5.41, 5.74) is 0.207. The van der Waals surface area contributed by atoms with Gasteiger partial charge in [0, 0.05) is 0 Å². The molecule has 0 amide bonds. The number of carboxylic acid groups (broad SMARTS) is 1. The topological polar surface area (TPSA) is 72.8 Å². The number of methoxy groups -OCH3 is 2. The van der Waals surface area contributed by atoms with Crippen LogP contribution in [0.3, 0.4) is 0 Å². The number of aliphatic carboxylic acids is 1. The number of halogens is 1. The van der Waals surface area contributed by atoms with Crippen molar-refractivity contribution in [2.24, 2.45) is 0 Å². The van der Waals surface area contributed by atoms with Gasteiger partial charge in [-0.15, -0.1) is 11.6 Å². The molecule has 1 atom stereocenters. The number of hydrogen-bond donors (Lipinski definition) is 1. The molecule has 1 rings (SSSR count). The summed E-state index contributed by atoms with van der Waals surface area (Å²) in [6.45, 7) is 0. The van der Waals surface area contributed by atoms with E-state index in [9.17, 15) is 9.59 Å². The molecule has 1 aromatic rings. The monoisotopic (exact) mass is 272 g/mol. The maximum absolute atomic E-state index is 12.0. The van der Waals surface area contributed by atoms with Crippen molar-refractivity contribution in [1.29, 1.82) is 0 Å². The van der Waals surface area contributed by atoms with Crippen LogP contribution in [0.15, 0.2) is 18.2 Å².